The van der Waals surface area contributed by atoms with Crippen LogP contribution in [0, 0.1) is 13.8 Å². The minimum absolute atomic E-state index is 0.157. The van der Waals surface area contributed by atoms with E-state index in [1.165, 1.54) is 0 Å². The quantitative estimate of drug-likeness (QED) is 0.736. The van der Waals surface area contributed by atoms with Crippen molar-refractivity contribution in [2.45, 2.75) is 39.5 Å². The van der Waals surface area contributed by atoms with Crippen molar-refractivity contribution in [1.82, 2.24) is 4.98 Å². The van der Waals surface area contributed by atoms with Crippen molar-refractivity contribution >= 4 is 10.9 Å². The molecule has 3 nitrogen and oxygen atoms in total. The van der Waals surface area contributed by atoms with E-state index in [9.17, 15) is 4.79 Å². The average Bonchev–Trinajstić information content (AvgIpc) is 2.55. The minimum atomic E-state index is 0.157. The zero-order valence-corrected chi connectivity index (χ0v) is 14.1. The summed E-state index contributed by atoms with van der Waals surface area (Å²) in [6.07, 6.45) is 4.10. The Hall–Kier alpha value is -2.55. The Morgan fingerprint density at radius 2 is 1.67 bits per heavy atom. The highest BCUT2D eigenvalue weighted by Gasteiger charge is 2.16. The third-order valence-electron chi connectivity index (χ3n) is 4.69. The lowest BCUT2D eigenvalue weighted by molar-refractivity contribution is 0.482. The van der Waals surface area contributed by atoms with Gasteiger partial charge in [-0.1, -0.05) is 6.07 Å². The number of pyridine rings is 1. The topological polar surface area (TPSA) is 42.1 Å². The molecule has 1 aliphatic rings. The molecule has 122 valence electrons. The van der Waals surface area contributed by atoms with Gasteiger partial charge in [0, 0.05) is 22.2 Å². The third kappa shape index (κ3) is 2.71. The number of ether oxygens (including phenoxy) is 1. The number of aromatic amines is 1. The molecule has 3 heteroatoms. The van der Waals surface area contributed by atoms with E-state index < -0.39 is 0 Å². The molecule has 3 aromatic rings. The fourth-order valence-electron chi connectivity index (χ4n) is 3.63. The van der Waals surface area contributed by atoms with Gasteiger partial charge in [-0.05, 0) is 81.0 Å². The van der Waals surface area contributed by atoms with Gasteiger partial charge in [-0.3, -0.25) is 4.79 Å². The zero-order chi connectivity index (χ0) is 16.7. The number of aromatic nitrogens is 1. The van der Waals surface area contributed by atoms with E-state index in [0.29, 0.717) is 5.75 Å². The second kappa shape index (κ2) is 5.82. The number of hydrogen-bond acceptors (Lipinski definition) is 2. The largest absolute Gasteiger partial charge is 0.457 e. The van der Waals surface area contributed by atoms with Crippen LogP contribution in [0.1, 0.15) is 35.2 Å². The lowest BCUT2D eigenvalue weighted by atomic mass is 9.94. The van der Waals surface area contributed by atoms with E-state index in [-0.39, 0.29) is 5.43 Å². The predicted molar refractivity (Wildman–Crippen MR) is 97.2 cm³/mol. The molecule has 1 aliphatic carbocycles. The van der Waals surface area contributed by atoms with Crippen molar-refractivity contribution < 1.29 is 4.74 Å². The van der Waals surface area contributed by atoms with E-state index >= 15 is 0 Å². The second-order valence-corrected chi connectivity index (χ2v) is 6.75. The number of rotatable bonds is 2. The summed E-state index contributed by atoms with van der Waals surface area (Å²) in [7, 11) is 0. The summed E-state index contributed by atoms with van der Waals surface area (Å²) in [4.78, 5) is 16.3. The van der Waals surface area contributed by atoms with Crippen molar-refractivity contribution in [2.75, 3.05) is 0 Å². The van der Waals surface area contributed by atoms with Crippen molar-refractivity contribution in [3.8, 4) is 11.5 Å². The molecule has 2 aromatic carbocycles. The highest BCUT2D eigenvalue weighted by molar-refractivity contribution is 5.81. The lowest BCUT2D eigenvalue weighted by Gasteiger charge is -2.16. The highest BCUT2D eigenvalue weighted by Crippen LogP contribution is 2.27. The summed E-state index contributed by atoms with van der Waals surface area (Å²) in [5.74, 6) is 1.51. The molecule has 0 saturated carbocycles. The summed E-state index contributed by atoms with van der Waals surface area (Å²) in [5.41, 5.74) is 5.45. The number of nitrogens with one attached hydrogen (secondary N) is 1. The number of aryl methyl sites for hydroxylation is 3. The average molecular weight is 319 g/mol. The second-order valence-electron chi connectivity index (χ2n) is 6.75. The van der Waals surface area contributed by atoms with Gasteiger partial charge in [0.1, 0.15) is 11.5 Å². The van der Waals surface area contributed by atoms with Gasteiger partial charge in [0.15, 0.2) is 5.43 Å². The maximum Gasteiger partial charge on any atom is 0.192 e. The Balaban J connectivity index is 1.77. The van der Waals surface area contributed by atoms with Crippen LogP contribution in [-0.2, 0) is 12.8 Å². The molecular formula is C21H21NO2. The molecule has 1 N–H and O–H groups in total. The van der Waals surface area contributed by atoms with E-state index in [1.807, 2.05) is 30.3 Å². The molecule has 0 atom stereocenters. The lowest BCUT2D eigenvalue weighted by Crippen LogP contribution is -2.18. The van der Waals surface area contributed by atoms with Gasteiger partial charge >= 0.3 is 0 Å². The molecule has 0 bridgehead atoms. The smallest absolute Gasteiger partial charge is 0.192 e. The Bertz CT molecular complexity index is 965. The summed E-state index contributed by atoms with van der Waals surface area (Å²) >= 11 is 0. The zero-order valence-electron chi connectivity index (χ0n) is 14.1. The van der Waals surface area contributed by atoms with Crippen molar-refractivity contribution in [2.24, 2.45) is 0 Å². The van der Waals surface area contributed by atoms with Crippen LogP contribution in [0.15, 0.2) is 41.2 Å². The summed E-state index contributed by atoms with van der Waals surface area (Å²) in [5, 5.41) is 0.720. The molecule has 0 radical (unpaired) electrons. The van der Waals surface area contributed by atoms with Crippen LogP contribution in [0.4, 0.5) is 0 Å². The number of fused-ring (bicyclic) bond motifs is 2. The first-order chi connectivity index (χ1) is 11.6. The molecule has 0 amide bonds. The summed E-state index contributed by atoms with van der Waals surface area (Å²) < 4.78 is 5.99. The van der Waals surface area contributed by atoms with Gasteiger partial charge in [0.05, 0.1) is 0 Å². The number of hydrogen-bond donors (Lipinski definition) is 1. The standard InChI is InChI=1S/C21H21NO2/c1-13-9-14(2)11-16(10-13)24-15-7-8-20-18(12-15)21(23)17-5-3-4-6-19(17)22-20/h7-12H,3-6H2,1-2H3,(H,22,23). The number of benzene rings is 2. The van der Waals surface area contributed by atoms with Crippen LogP contribution < -0.4 is 10.2 Å². The van der Waals surface area contributed by atoms with Crippen LogP contribution in [0.5, 0.6) is 11.5 Å². The predicted octanol–water partition coefficient (Wildman–Crippen LogP) is 4.82. The monoisotopic (exact) mass is 319 g/mol. The van der Waals surface area contributed by atoms with Crippen molar-refractivity contribution in [1.29, 1.82) is 0 Å². The van der Waals surface area contributed by atoms with E-state index in [1.54, 1.807) is 0 Å². The first-order valence-electron chi connectivity index (χ1n) is 8.54. The molecule has 0 spiro atoms. The fraction of sp³-hybridized carbons (Fsp3) is 0.286. The first kappa shape index (κ1) is 15.0. The normalized spacial score (nSPS) is 13.8. The molecule has 4 rings (SSSR count). The van der Waals surface area contributed by atoms with Crippen molar-refractivity contribution in [3.63, 3.8) is 0 Å². The van der Waals surface area contributed by atoms with Crippen LogP contribution in [-0.4, -0.2) is 4.98 Å². The SMILES string of the molecule is Cc1cc(C)cc(Oc2ccc3[nH]c4c(c(=O)c3c2)CCCC4)c1. The molecular weight excluding hydrogens is 298 g/mol. The van der Waals surface area contributed by atoms with Gasteiger partial charge in [0.2, 0.25) is 0 Å². The van der Waals surface area contributed by atoms with Crippen molar-refractivity contribution in [3.05, 3.63) is 69.0 Å². The fourth-order valence-corrected chi connectivity index (χ4v) is 3.63. The van der Waals surface area contributed by atoms with E-state index in [0.717, 1.165) is 64.7 Å². The van der Waals surface area contributed by atoms with Gasteiger partial charge in [-0.2, -0.15) is 0 Å². The molecule has 0 aliphatic heterocycles. The van der Waals surface area contributed by atoms with Gasteiger partial charge < -0.3 is 9.72 Å². The minimum Gasteiger partial charge on any atom is -0.457 e. The van der Waals surface area contributed by atoms with E-state index in [4.69, 9.17) is 4.74 Å². The Morgan fingerprint density at radius 3 is 2.46 bits per heavy atom. The Labute approximate surface area is 141 Å². The molecule has 0 saturated heterocycles. The summed E-state index contributed by atoms with van der Waals surface area (Å²) in [6, 6.07) is 11.9. The molecule has 1 aromatic heterocycles. The molecule has 1 heterocycles. The Kier molecular flexibility index (Phi) is 3.64. The third-order valence-corrected chi connectivity index (χ3v) is 4.69. The maximum atomic E-state index is 12.8. The van der Waals surface area contributed by atoms with Gasteiger partial charge in [-0.15, -0.1) is 0 Å². The first-order valence-corrected chi connectivity index (χ1v) is 8.54. The maximum absolute atomic E-state index is 12.8. The van der Waals surface area contributed by atoms with Gasteiger partial charge in [-0.25, -0.2) is 0 Å². The van der Waals surface area contributed by atoms with E-state index in [2.05, 4.69) is 24.9 Å². The highest BCUT2D eigenvalue weighted by atomic mass is 16.5. The Morgan fingerprint density at radius 1 is 0.917 bits per heavy atom. The van der Waals surface area contributed by atoms with Crippen LogP contribution in [0.25, 0.3) is 10.9 Å². The van der Waals surface area contributed by atoms with Crippen LogP contribution in [0.3, 0.4) is 0 Å². The van der Waals surface area contributed by atoms with Crippen LogP contribution in [0.2, 0.25) is 0 Å². The molecule has 0 fully saturated rings. The number of H-pyrrole nitrogens is 1. The molecule has 24 heavy (non-hydrogen) atoms. The summed E-state index contributed by atoms with van der Waals surface area (Å²) in [6.45, 7) is 4.11. The molecule has 0 unspecified atom stereocenters. The van der Waals surface area contributed by atoms with Gasteiger partial charge in [0.25, 0.3) is 0 Å². The van der Waals surface area contributed by atoms with Crippen LogP contribution >= 0.6 is 0 Å².